The second-order valence-electron chi connectivity index (χ2n) is 6.81. The van der Waals surface area contributed by atoms with Crippen LogP contribution in [0.1, 0.15) is 54.9 Å². The minimum atomic E-state index is -4.32. The van der Waals surface area contributed by atoms with Crippen molar-refractivity contribution < 1.29 is 27.0 Å². The number of hydrogen-bond donors (Lipinski definition) is 0. The third-order valence-corrected chi connectivity index (χ3v) is 5.10. The first-order valence-electron chi connectivity index (χ1n) is 9.54. The van der Waals surface area contributed by atoms with Crippen molar-refractivity contribution >= 4 is 0 Å². The van der Waals surface area contributed by atoms with E-state index in [1.807, 2.05) is 6.92 Å². The van der Waals surface area contributed by atoms with E-state index in [4.69, 9.17) is 9.47 Å². The molecule has 3 rings (SSSR count). The lowest BCUT2D eigenvalue weighted by Gasteiger charge is -2.27. The minimum absolute atomic E-state index is 0.192. The molecule has 1 atom stereocenters. The summed E-state index contributed by atoms with van der Waals surface area (Å²) in [4.78, 5) is 0. The first-order chi connectivity index (χ1) is 13.3. The number of benzene rings is 2. The smallest absolute Gasteiger partial charge is 0.340 e. The highest BCUT2D eigenvalue weighted by atomic mass is 19.3. The Morgan fingerprint density at radius 3 is 2.21 bits per heavy atom. The Labute approximate surface area is 162 Å². The summed E-state index contributed by atoms with van der Waals surface area (Å²) in [5.74, 6) is -8.82. The molecule has 28 heavy (non-hydrogen) atoms. The zero-order valence-electron chi connectivity index (χ0n) is 16.0. The molecule has 0 saturated heterocycles. The third kappa shape index (κ3) is 3.50. The largest absolute Gasteiger partial charge is 0.494 e. The molecular formula is C22H24F4O2. The van der Waals surface area contributed by atoms with Gasteiger partial charge in [0, 0.05) is 30.3 Å². The van der Waals surface area contributed by atoms with Crippen LogP contribution in [0, 0.1) is 0 Å². The summed E-state index contributed by atoms with van der Waals surface area (Å²) in [7, 11) is 0. The lowest BCUT2D eigenvalue weighted by Crippen LogP contribution is -2.35. The number of ether oxygens (including phenoxy) is 2. The second kappa shape index (κ2) is 8.11. The highest BCUT2D eigenvalue weighted by Gasteiger charge is 2.62. The lowest BCUT2D eigenvalue weighted by atomic mass is 9.84. The van der Waals surface area contributed by atoms with Crippen LogP contribution >= 0.6 is 0 Å². The van der Waals surface area contributed by atoms with Crippen LogP contribution in [0.2, 0.25) is 0 Å². The summed E-state index contributed by atoms with van der Waals surface area (Å²) in [6, 6.07) is 9.51. The molecule has 0 spiro atoms. The van der Waals surface area contributed by atoms with Gasteiger partial charge in [-0.2, -0.15) is 17.6 Å². The quantitative estimate of drug-likeness (QED) is 0.408. The average Bonchev–Trinajstić information content (AvgIpc) is 2.72. The molecule has 0 aliphatic heterocycles. The molecule has 0 radical (unpaired) electrons. The van der Waals surface area contributed by atoms with Gasteiger partial charge in [0.1, 0.15) is 5.75 Å². The third-order valence-electron chi connectivity index (χ3n) is 5.10. The van der Waals surface area contributed by atoms with Crippen molar-refractivity contribution in [2.75, 3.05) is 19.8 Å². The van der Waals surface area contributed by atoms with Gasteiger partial charge in [-0.1, -0.05) is 24.3 Å². The average molecular weight is 396 g/mol. The van der Waals surface area contributed by atoms with E-state index in [9.17, 15) is 8.78 Å². The maximum Gasteiger partial charge on any atom is 0.340 e. The first kappa shape index (κ1) is 20.6. The van der Waals surface area contributed by atoms with Crippen molar-refractivity contribution in [1.29, 1.82) is 0 Å². The Balaban J connectivity index is 2.19. The Hall–Kier alpha value is -2.08. The van der Waals surface area contributed by atoms with E-state index in [0.29, 0.717) is 38.4 Å². The minimum Gasteiger partial charge on any atom is -0.494 e. The molecule has 1 aliphatic carbocycles. The Morgan fingerprint density at radius 1 is 0.857 bits per heavy atom. The first-order valence-corrected chi connectivity index (χ1v) is 9.54. The number of halogens is 4. The van der Waals surface area contributed by atoms with E-state index in [-0.39, 0.29) is 11.1 Å². The summed E-state index contributed by atoms with van der Waals surface area (Å²) < 4.78 is 70.8. The summed E-state index contributed by atoms with van der Waals surface area (Å²) in [5, 5.41) is 0. The normalized spacial score (nSPS) is 19.4. The maximum atomic E-state index is 15.0. The zero-order valence-corrected chi connectivity index (χ0v) is 16.0. The summed E-state index contributed by atoms with van der Waals surface area (Å²) >= 11 is 0. The van der Waals surface area contributed by atoms with E-state index in [2.05, 4.69) is 0 Å². The molecule has 0 bridgehead atoms. The van der Waals surface area contributed by atoms with Gasteiger partial charge in [-0.25, -0.2) is 0 Å². The SMILES string of the molecule is CCOCCCC1c2ccccc2C(F)(F)C(F)(F)c2ccc(OCC)cc21. The molecule has 1 aliphatic rings. The van der Waals surface area contributed by atoms with Gasteiger partial charge in [-0.05, 0) is 56.0 Å². The summed E-state index contributed by atoms with van der Waals surface area (Å²) in [6.45, 7) is 5.00. The number of hydrogen-bond acceptors (Lipinski definition) is 2. The highest BCUT2D eigenvalue weighted by molar-refractivity contribution is 5.52. The van der Waals surface area contributed by atoms with Crippen molar-refractivity contribution in [3.63, 3.8) is 0 Å². The predicted octanol–water partition coefficient (Wildman–Crippen LogP) is 6.23. The van der Waals surface area contributed by atoms with Crippen LogP contribution in [-0.4, -0.2) is 19.8 Å². The molecule has 2 aromatic rings. The molecule has 0 fully saturated rings. The van der Waals surface area contributed by atoms with Crippen molar-refractivity contribution in [2.24, 2.45) is 0 Å². The molecule has 2 aromatic carbocycles. The lowest BCUT2D eigenvalue weighted by molar-refractivity contribution is -0.223. The van der Waals surface area contributed by atoms with E-state index in [0.717, 1.165) is 12.1 Å². The fourth-order valence-electron chi connectivity index (χ4n) is 3.81. The van der Waals surface area contributed by atoms with Gasteiger partial charge in [0.15, 0.2) is 0 Å². The van der Waals surface area contributed by atoms with Crippen LogP contribution in [0.25, 0.3) is 0 Å². The predicted molar refractivity (Wildman–Crippen MR) is 99.4 cm³/mol. The number of alkyl halides is 4. The molecule has 152 valence electrons. The Bertz CT molecular complexity index is 820. The van der Waals surface area contributed by atoms with E-state index >= 15 is 8.78 Å². The van der Waals surface area contributed by atoms with Crippen LogP contribution < -0.4 is 4.74 Å². The van der Waals surface area contributed by atoms with Crippen molar-refractivity contribution in [1.82, 2.24) is 0 Å². The van der Waals surface area contributed by atoms with Gasteiger partial charge in [-0.3, -0.25) is 0 Å². The Kier molecular flexibility index (Phi) is 5.98. The molecule has 0 N–H and O–H groups in total. The fourth-order valence-corrected chi connectivity index (χ4v) is 3.81. The maximum absolute atomic E-state index is 15.0. The van der Waals surface area contributed by atoms with Crippen LogP contribution in [0.15, 0.2) is 42.5 Å². The highest BCUT2D eigenvalue weighted by Crippen LogP contribution is 2.57. The van der Waals surface area contributed by atoms with Gasteiger partial charge in [0.2, 0.25) is 0 Å². The molecule has 6 heteroatoms. The molecule has 1 unspecified atom stereocenters. The van der Waals surface area contributed by atoms with E-state index in [1.54, 1.807) is 13.0 Å². The summed E-state index contributed by atoms with van der Waals surface area (Å²) in [6.07, 6.45) is 0.994. The van der Waals surface area contributed by atoms with Crippen molar-refractivity contribution in [3.05, 3.63) is 64.7 Å². The monoisotopic (exact) mass is 396 g/mol. The van der Waals surface area contributed by atoms with Gasteiger partial charge in [0.05, 0.1) is 6.61 Å². The Morgan fingerprint density at radius 2 is 1.54 bits per heavy atom. The topological polar surface area (TPSA) is 18.5 Å². The fraction of sp³-hybridized carbons (Fsp3) is 0.455. The van der Waals surface area contributed by atoms with Gasteiger partial charge < -0.3 is 9.47 Å². The van der Waals surface area contributed by atoms with Crippen LogP contribution in [0.4, 0.5) is 17.6 Å². The molecule has 0 aromatic heterocycles. The van der Waals surface area contributed by atoms with Gasteiger partial charge in [0.25, 0.3) is 0 Å². The summed E-state index contributed by atoms with van der Waals surface area (Å²) in [5.41, 5.74) is -0.831. The van der Waals surface area contributed by atoms with Crippen molar-refractivity contribution in [2.45, 2.75) is 44.5 Å². The van der Waals surface area contributed by atoms with Gasteiger partial charge in [-0.15, -0.1) is 0 Å². The van der Waals surface area contributed by atoms with Gasteiger partial charge >= 0.3 is 11.8 Å². The van der Waals surface area contributed by atoms with E-state index in [1.165, 1.54) is 24.3 Å². The number of rotatable bonds is 7. The van der Waals surface area contributed by atoms with Crippen LogP contribution in [0.5, 0.6) is 5.75 Å². The van der Waals surface area contributed by atoms with Crippen LogP contribution in [0.3, 0.4) is 0 Å². The molecule has 0 saturated carbocycles. The molecule has 0 amide bonds. The second-order valence-corrected chi connectivity index (χ2v) is 6.81. The standard InChI is InChI=1S/C22H24F4O2/c1-3-27-13-7-9-16-17-8-5-6-10-19(17)21(23,24)22(25,26)20-12-11-15(28-4-2)14-18(16)20/h5-6,8,10-12,14,16H,3-4,7,9,13H2,1-2H3. The number of fused-ring (bicyclic) bond motifs is 2. The van der Waals surface area contributed by atoms with Crippen molar-refractivity contribution in [3.8, 4) is 5.75 Å². The molecular weight excluding hydrogens is 372 g/mol. The van der Waals surface area contributed by atoms with E-state index < -0.39 is 28.9 Å². The molecule has 2 nitrogen and oxygen atoms in total. The zero-order chi connectivity index (χ0) is 20.4. The molecule has 0 heterocycles. The van der Waals surface area contributed by atoms with Crippen LogP contribution in [-0.2, 0) is 16.6 Å².